The molecule has 4 rings (SSSR count). The molecule has 0 atom stereocenters. The van der Waals surface area contributed by atoms with E-state index in [1.165, 1.54) is 29.2 Å². The summed E-state index contributed by atoms with van der Waals surface area (Å²) in [6.07, 6.45) is 8.38. The summed E-state index contributed by atoms with van der Waals surface area (Å²) in [4.78, 5) is 0. The van der Waals surface area contributed by atoms with E-state index in [9.17, 15) is 20.4 Å². The van der Waals surface area contributed by atoms with Crippen LogP contribution in [0.3, 0.4) is 0 Å². The van der Waals surface area contributed by atoms with Gasteiger partial charge in [0.1, 0.15) is 11.5 Å². The van der Waals surface area contributed by atoms with E-state index in [-0.39, 0.29) is 25.5 Å². The van der Waals surface area contributed by atoms with E-state index in [1.807, 2.05) is 42.5 Å². The molecule has 0 heterocycles. The molecule has 0 aromatic heterocycles. The Morgan fingerprint density at radius 1 is 0.475 bits per heavy atom. The fraction of sp³-hybridized carbons (Fsp3) is 0.500. The lowest BCUT2D eigenvalue weighted by atomic mass is 10.1. The zero-order valence-corrected chi connectivity index (χ0v) is 41.3. The second-order valence-corrected chi connectivity index (χ2v) is 36.1. The molecule has 0 aliphatic rings. The van der Waals surface area contributed by atoms with Crippen LogP contribution in [-0.4, -0.2) is 60.8 Å². The zero-order chi connectivity index (χ0) is 43.0. The number of aromatic hydroxyl groups is 3. The van der Waals surface area contributed by atoms with Gasteiger partial charge in [0.05, 0.1) is 13.7 Å². The van der Waals surface area contributed by atoms with Gasteiger partial charge in [-0.1, -0.05) is 62.0 Å². The highest BCUT2D eigenvalue weighted by atomic mass is 28.4. The number of phenols is 3. The van der Waals surface area contributed by atoms with Crippen LogP contribution in [-0.2, 0) is 40.5 Å². The van der Waals surface area contributed by atoms with E-state index >= 15 is 0 Å². The SMILES string of the molecule is C.COc1cc(CCC[Si](C)(C)O[Si](C)(C)CCCc2ccc(O)c(CO)c2)ccc1O.Cc1ccccc1CCC[Si](C)(C)O[Si](C)(C)CCCc1ccccc1O. The van der Waals surface area contributed by atoms with Crippen LogP contribution in [0, 0.1) is 6.92 Å². The highest BCUT2D eigenvalue weighted by molar-refractivity contribution is 6.85. The Morgan fingerprint density at radius 2 is 0.881 bits per heavy atom. The van der Waals surface area contributed by atoms with Crippen molar-refractivity contribution in [1.82, 2.24) is 0 Å². The van der Waals surface area contributed by atoms with Crippen LogP contribution in [0.5, 0.6) is 23.0 Å². The molecule has 328 valence electrons. The molecule has 0 amide bonds. The molecule has 0 fully saturated rings. The van der Waals surface area contributed by atoms with Crippen LogP contribution < -0.4 is 4.74 Å². The molecule has 0 bridgehead atoms. The van der Waals surface area contributed by atoms with Crippen molar-refractivity contribution in [2.45, 2.75) is 149 Å². The summed E-state index contributed by atoms with van der Waals surface area (Å²) in [5.41, 5.74) is 6.83. The summed E-state index contributed by atoms with van der Waals surface area (Å²) in [6.45, 7) is 20.8. The molecule has 0 spiro atoms. The van der Waals surface area contributed by atoms with E-state index in [0.29, 0.717) is 17.1 Å². The second kappa shape index (κ2) is 24.3. The van der Waals surface area contributed by atoms with E-state index in [2.05, 4.69) is 83.6 Å². The number of phenolic OH excluding ortho intramolecular Hbond substituents is 2. The molecule has 0 radical (unpaired) electrons. The minimum Gasteiger partial charge on any atom is -0.508 e. The third-order valence-corrected chi connectivity index (χ3v) is 25.9. The van der Waals surface area contributed by atoms with Gasteiger partial charge in [0.15, 0.2) is 44.8 Å². The third-order valence-electron chi connectivity index (χ3n) is 10.9. The molecule has 0 aliphatic carbocycles. The predicted octanol–water partition coefficient (Wildman–Crippen LogP) is 12.9. The van der Waals surface area contributed by atoms with Gasteiger partial charge in [0, 0.05) is 5.56 Å². The Balaban J connectivity index is 0.000000404. The van der Waals surface area contributed by atoms with E-state index in [4.69, 9.17) is 13.0 Å². The summed E-state index contributed by atoms with van der Waals surface area (Å²) < 4.78 is 18.7. The molecular formula is C48H78O7Si4. The fourth-order valence-electron chi connectivity index (χ4n) is 7.96. The van der Waals surface area contributed by atoms with Crippen molar-refractivity contribution >= 4 is 33.3 Å². The topological polar surface area (TPSA) is 109 Å². The largest absolute Gasteiger partial charge is 0.508 e. The molecule has 0 saturated carbocycles. The predicted molar refractivity (Wildman–Crippen MR) is 259 cm³/mol. The summed E-state index contributed by atoms with van der Waals surface area (Å²) in [6, 6.07) is 32.0. The van der Waals surface area contributed by atoms with Crippen molar-refractivity contribution < 1.29 is 33.4 Å². The summed E-state index contributed by atoms with van der Waals surface area (Å²) in [5.74, 6) is 1.28. The number of methoxy groups -OCH3 is 1. The van der Waals surface area contributed by atoms with Gasteiger partial charge in [0.25, 0.3) is 0 Å². The van der Waals surface area contributed by atoms with Crippen LogP contribution in [0.1, 0.15) is 66.5 Å². The number of benzene rings is 4. The Bertz CT molecular complexity index is 1710. The van der Waals surface area contributed by atoms with Crippen molar-refractivity contribution in [2.24, 2.45) is 0 Å². The van der Waals surface area contributed by atoms with Crippen molar-refractivity contribution in [2.75, 3.05) is 7.11 Å². The number of aliphatic hydroxyl groups is 1. The molecule has 7 nitrogen and oxygen atoms in total. The van der Waals surface area contributed by atoms with Crippen LogP contribution in [0.15, 0.2) is 84.9 Å². The molecule has 0 unspecified atom stereocenters. The number of rotatable bonds is 22. The van der Waals surface area contributed by atoms with Crippen LogP contribution in [0.2, 0.25) is 76.6 Å². The first-order chi connectivity index (χ1) is 27.2. The van der Waals surface area contributed by atoms with Gasteiger partial charge >= 0.3 is 0 Å². The maximum Gasteiger partial charge on any atom is 0.173 e. The first-order valence-electron chi connectivity index (χ1n) is 21.2. The third kappa shape index (κ3) is 19.4. The summed E-state index contributed by atoms with van der Waals surface area (Å²) >= 11 is 0. The van der Waals surface area contributed by atoms with Gasteiger partial charge in [-0.25, -0.2) is 0 Å². The molecule has 0 saturated heterocycles. The molecule has 11 heteroatoms. The molecule has 4 aromatic rings. The summed E-state index contributed by atoms with van der Waals surface area (Å²) in [5, 5.41) is 38.7. The van der Waals surface area contributed by atoms with Gasteiger partial charge in [0.2, 0.25) is 0 Å². The maximum atomic E-state index is 9.92. The van der Waals surface area contributed by atoms with E-state index in [0.717, 1.165) is 74.2 Å². The molecular weight excluding hydrogens is 801 g/mol. The highest BCUT2D eigenvalue weighted by Crippen LogP contribution is 2.30. The minimum atomic E-state index is -1.77. The van der Waals surface area contributed by atoms with Crippen LogP contribution in [0.4, 0.5) is 0 Å². The first-order valence-corrected chi connectivity index (χ1v) is 33.7. The van der Waals surface area contributed by atoms with Gasteiger partial charge < -0.3 is 33.4 Å². The first kappa shape index (κ1) is 52.0. The number of hydrogen-bond donors (Lipinski definition) is 4. The maximum absolute atomic E-state index is 9.92. The van der Waals surface area contributed by atoms with Gasteiger partial charge in [-0.15, -0.1) is 0 Å². The molecule has 0 aliphatic heterocycles. The molecule has 4 aromatic carbocycles. The Kier molecular flexibility index (Phi) is 21.4. The Morgan fingerprint density at radius 3 is 1.36 bits per heavy atom. The minimum absolute atomic E-state index is 0. The van der Waals surface area contributed by atoms with Gasteiger partial charge in [-0.2, -0.15) is 0 Å². The monoisotopic (exact) mass is 878 g/mol. The van der Waals surface area contributed by atoms with Crippen LogP contribution >= 0.6 is 0 Å². The zero-order valence-electron chi connectivity index (χ0n) is 37.3. The van der Waals surface area contributed by atoms with Crippen molar-refractivity contribution in [3.05, 3.63) is 118 Å². The fourth-order valence-corrected chi connectivity index (χ4v) is 25.7. The van der Waals surface area contributed by atoms with Crippen molar-refractivity contribution in [1.29, 1.82) is 0 Å². The Hall–Kier alpha value is -3.17. The van der Waals surface area contributed by atoms with Gasteiger partial charge in [-0.3, -0.25) is 0 Å². The standard InChI is InChI=1S/C24H38O5Si2.C23H36O2Si2.CH4/c1-28-24-17-20(11-13-23(24)27)9-7-15-31(4,5)29-30(2,3)14-6-8-19-10-12-22(26)21(16-19)18-25;1-20-12-6-7-13-21(20)15-10-18-26(2,3)25-27(4,5)19-11-16-22-14-8-9-17-23(22)24;/h10-13,16-17,25-27H,6-9,14-15,18H2,1-5H3;6-9,12-14,17,24H,10-11,15-16,18-19H2,1-5H3;1H4. The van der Waals surface area contributed by atoms with Crippen molar-refractivity contribution in [3.8, 4) is 23.0 Å². The van der Waals surface area contributed by atoms with E-state index < -0.39 is 33.3 Å². The number of aryl methyl sites for hydroxylation is 5. The normalized spacial score (nSPS) is 12.1. The molecule has 4 N–H and O–H groups in total. The summed E-state index contributed by atoms with van der Waals surface area (Å²) in [7, 11) is -5.26. The number of aliphatic hydroxyl groups excluding tert-OH is 1. The molecule has 59 heavy (non-hydrogen) atoms. The van der Waals surface area contributed by atoms with Crippen molar-refractivity contribution in [3.63, 3.8) is 0 Å². The van der Waals surface area contributed by atoms with Crippen LogP contribution in [0.25, 0.3) is 0 Å². The quantitative estimate of drug-likeness (QED) is 0.0582. The smallest absolute Gasteiger partial charge is 0.173 e. The number of hydrogen-bond acceptors (Lipinski definition) is 7. The average Bonchev–Trinajstić information content (AvgIpc) is 3.13. The average molecular weight is 879 g/mol. The van der Waals surface area contributed by atoms with E-state index in [1.54, 1.807) is 25.3 Å². The van der Waals surface area contributed by atoms with Gasteiger partial charge in [-0.05, 0) is 193 Å². The lowest BCUT2D eigenvalue weighted by Gasteiger charge is -2.34. The lowest BCUT2D eigenvalue weighted by Crippen LogP contribution is -2.44. The number of para-hydroxylation sites is 1. The lowest BCUT2D eigenvalue weighted by molar-refractivity contribution is 0.275. The second-order valence-electron chi connectivity index (χ2n) is 18.3. The number of ether oxygens (including phenoxy) is 1. The Labute approximate surface area is 362 Å². The highest BCUT2D eigenvalue weighted by Gasteiger charge is 2.33.